The molecule has 0 amide bonds. The molecule has 0 radical (unpaired) electrons. The van der Waals surface area contributed by atoms with Crippen molar-refractivity contribution >= 4 is 23.1 Å². The Balaban J connectivity index is 2.27. The van der Waals surface area contributed by atoms with E-state index >= 15 is 0 Å². The van der Waals surface area contributed by atoms with Crippen LogP contribution in [0.2, 0.25) is 5.02 Å². The van der Waals surface area contributed by atoms with E-state index in [1.54, 1.807) is 6.07 Å². The standard InChI is InChI=1S/C14H17ClFN3S/c1-14(2,3)13-12(20-19-18-13)11(17)7-8-6-9(15)4-5-10(8)16/h4-6,11H,7,17H2,1-3H3. The number of nitrogens with two attached hydrogens (primary N) is 1. The van der Waals surface area contributed by atoms with E-state index in [2.05, 4.69) is 30.4 Å². The molecular formula is C14H17ClFN3S. The number of hydrogen-bond donors (Lipinski definition) is 1. The lowest BCUT2D eigenvalue weighted by Crippen LogP contribution is -2.20. The molecule has 0 saturated carbocycles. The molecule has 0 bridgehead atoms. The van der Waals surface area contributed by atoms with E-state index in [1.165, 1.54) is 23.7 Å². The van der Waals surface area contributed by atoms with Gasteiger partial charge in [-0.3, -0.25) is 0 Å². The predicted molar refractivity (Wildman–Crippen MR) is 80.7 cm³/mol. The van der Waals surface area contributed by atoms with Gasteiger partial charge in [0.05, 0.1) is 10.6 Å². The minimum Gasteiger partial charge on any atom is -0.323 e. The van der Waals surface area contributed by atoms with Crippen LogP contribution in [-0.4, -0.2) is 9.59 Å². The zero-order valence-electron chi connectivity index (χ0n) is 11.7. The summed E-state index contributed by atoms with van der Waals surface area (Å²) >= 11 is 7.17. The maximum absolute atomic E-state index is 13.8. The van der Waals surface area contributed by atoms with Crippen LogP contribution in [0.5, 0.6) is 0 Å². The van der Waals surface area contributed by atoms with Gasteiger partial charge in [-0.2, -0.15) is 0 Å². The molecule has 1 aromatic heterocycles. The molecule has 3 nitrogen and oxygen atoms in total. The second-order valence-electron chi connectivity index (χ2n) is 5.78. The third-order valence-corrected chi connectivity index (χ3v) is 4.10. The maximum Gasteiger partial charge on any atom is 0.126 e. The van der Waals surface area contributed by atoms with E-state index in [4.69, 9.17) is 17.3 Å². The van der Waals surface area contributed by atoms with Crippen molar-refractivity contribution in [3.63, 3.8) is 0 Å². The summed E-state index contributed by atoms with van der Waals surface area (Å²) in [6, 6.07) is 4.17. The Morgan fingerprint density at radius 1 is 1.40 bits per heavy atom. The number of benzene rings is 1. The van der Waals surface area contributed by atoms with Crippen molar-refractivity contribution < 1.29 is 4.39 Å². The van der Waals surface area contributed by atoms with Gasteiger partial charge in [0.1, 0.15) is 5.82 Å². The Kier molecular flexibility index (Phi) is 4.42. The molecule has 2 N–H and O–H groups in total. The lowest BCUT2D eigenvalue weighted by atomic mass is 9.89. The van der Waals surface area contributed by atoms with Crippen LogP contribution in [0.3, 0.4) is 0 Å². The van der Waals surface area contributed by atoms with Gasteiger partial charge < -0.3 is 5.73 Å². The molecule has 0 aliphatic carbocycles. The largest absolute Gasteiger partial charge is 0.323 e. The van der Waals surface area contributed by atoms with Gasteiger partial charge >= 0.3 is 0 Å². The highest BCUT2D eigenvalue weighted by Crippen LogP contribution is 2.31. The first kappa shape index (κ1) is 15.4. The van der Waals surface area contributed by atoms with Crippen LogP contribution in [0.25, 0.3) is 0 Å². The zero-order valence-corrected chi connectivity index (χ0v) is 13.2. The Bertz CT molecular complexity index is 607. The molecule has 0 aliphatic heterocycles. The monoisotopic (exact) mass is 313 g/mol. The highest BCUT2D eigenvalue weighted by Gasteiger charge is 2.26. The molecule has 1 aromatic carbocycles. The molecule has 0 spiro atoms. The Morgan fingerprint density at radius 3 is 2.75 bits per heavy atom. The first-order chi connectivity index (χ1) is 9.29. The van der Waals surface area contributed by atoms with Crippen LogP contribution in [-0.2, 0) is 11.8 Å². The third kappa shape index (κ3) is 3.34. The fraction of sp³-hybridized carbons (Fsp3) is 0.429. The smallest absolute Gasteiger partial charge is 0.126 e. The van der Waals surface area contributed by atoms with Crippen LogP contribution >= 0.6 is 23.1 Å². The summed E-state index contributed by atoms with van der Waals surface area (Å²) < 4.78 is 17.7. The SMILES string of the molecule is CC(C)(C)c1nnsc1C(N)Cc1cc(Cl)ccc1F. The molecule has 1 heterocycles. The average Bonchev–Trinajstić information content (AvgIpc) is 2.82. The first-order valence-corrected chi connectivity index (χ1v) is 7.46. The zero-order chi connectivity index (χ0) is 14.9. The number of halogens is 2. The van der Waals surface area contributed by atoms with Crippen LogP contribution < -0.4 is 5.73 Å². The minimum atomic E-state index is -0.336. The maximum atomic E-state index is 13.8. The molecule has 20 heavy (non-hydrogen) atoms. The van der Waals surface area contributed by atoms with Crippen molar-refractivity contribution in [2.45, 2.75) is 38.6 Å². The van der Waals surface area contributed by atoms with Crippen molar-refractivity contribution in [1.82, 2.24) is 9.59 Å². The second-order valence-corrected chi connectivity index (χ2v) is 7.00. The lowest BCUT2D eigenvalue weighted by molar-refractivity contribution is 0.546. The minimum absolute atomic E-state index is 0.132. The van der Waals surface area contributed by atoms with Crippen LogP contribution in [0.1, 0.15) is 42.9 Å². The summed E-state index contributed by atoms with van der Waals surface area (Å²) in [7, 11) is 0. The van der Waals surface area contributed by atoms with Crippen molar-refractivity contribution in [1.29, 1.82) is 0 Å². The number of aromatic nitrogens is 2. The lowest BCUT2D eigenvalue weighted by Gasteiger charge is -2.19. The number of nitrogens with zero attached hydrogens (tertiary/aromatic N) is 2. The molecule has 108 valence electrons. The van der Waals surface area contributed by atoms with Crippen molar-refractivity contribution in [3.05, 3.63) is 45.2 Å². The third-order valence-electron chi connectivity index (χ3n) is 3.01. The molecule has 1 atom stereocenters. The number of hydrogen-bond acceptors (Lipinski definition) is 4. The topological polar surface area (TPSA) is 51.8 Å². The van der Waals surface area contributed by atoms with Gasteiger partial charge in [0.15, 0.2) is 0 Å². The van der Waals surface area contributed by atoms with E-state index < -0.39 is 0 Å². The molecule has 0 aliphatic rings. The van der Waals surface area contributed by atoms with E-state index in [0.717, 1.165) is 10.6 Å². The molecule has 6 heteroatoms. The van der Waals surface area contributed by atoms with Crippen LogP contribution in [0, 0.1) is 5.82 Å². The summed E-state index contributed by atoms with van der Waals surface area (Å²) in [4.78, 5) is 0.900. The van der Waals surface area contributed by atoms with Crippen molar-refractivity contribution in [2.75, 3.05) is 0 Å². The average molecular weight is 314 g/mol. The summed E-state index contributed by atoms with van der Waals surface area (Å²) in [6.45, 7) is 6.17. The van der Waals surface area contributed by atoms with Crippen LogP contribution in [0.15, 0.2) is 18.2 Å². The quantitative estimate of drug-likeness (QED) is 0.935. The van der Waals surface area contributed by atoms with E-state index in [0.29, 0.717) is 17.0 Å². The van der Waals surface area contributed by atoms with E-state index in [9.17, 15) is 4.39 Å². The van der Waals surface area contributed by atoms with Gasteiger partial charge in [-0.25, -0.2) is 4.39 Å². The van der Waals surface area contributed by atoms with Gasteiger partial charge in [0.2, 0.25) is 0 Å². The van der Waals surface area contributed by atoms with Gasteiger partial charge in [-0.15, -0.1) is 5.10 Å². The van der Waals surface area contributed by atoms with Gasteiger partial charge in [-0.1, -0.05) is 36.9 Å². The molecule has 1 unspecified atom stereocenters. The summed E-state index contributed by atoms with van der Waals surface area (Å²) in [6.07, 6.45) is 0.374. The summed E-state index contributed by atoms with van der Waals surface area (Å²) in [5, 5.41) is 4.67. The predicted octanol–water partition coefficient (Wildman–Crippen LogP) is 3.87. The molecule has 2 aromatic rings. The molecule has 2 rings (SSSR count). The Morgan fingerprint density at radius 2 is 2.10 bits per heavy atom. The van der Waals surface area contributed by atoms with E-state index in [1.807, 2.05) is 0 Å². The fourth-order valence-electron chi connectivity index (χ4n) is 1.99. The van der Waals surface area contributed by atoms with Crippen molar-refractivity contribution in [3.8, 4) is 0 Å². The van der Waals surface area contributed by atoms with Crippen LogP contribution in [0.4, 0.5) is 4.39 Å². The van der Waals surface area contributed by atoms with Gasteiger partial charge in [-0.05, 0) is 41.7 Å². The van der Waals surface area contributed by atoms with Crippen molar-refractivity contribution in [2.24, 2.45) is 5.73 Å². The Hall–Kier alpha value is -1.04. The van der Waals surface area contributed by atoms with E-state index in [-0.39, 0.29) is 17.3 Å². The summed E-state index contributed by atoms with van der Waals surface area (Å²) in [5.74, 6) is -0.292. The molecule has 0 fully saturated rings. The highest BCUT2D eigenvalue weighted by atomic mass is 35.5. The first-order valence-electron chi connectivity index (χ1n) is 6.31. The molecule has 0 saturated heterocycles. The van der Waals surface area contributed by atoms with Gasteiger partial charge in [0, 0.05) is 16.5 Å². The second kappa shape index (κ2) is 5.76. The molecular weight excluding hydrogens is 297 g/mol. The Labute approximate surface area is 127 Å². The highest BCUT2D eigenvalue weighted by molar-refractivity contribution is 7.05. The van der Waals surface area contributed by atoms with Gasteiger partial charge in [0.25, 0.3) is 0 Å². The number of rotatable bonds is 3. The normalized spacial score (nSPS) is 13.5. The summed E-state index contributed by atoms with van der Waals surface area (Å²) in [5.41, 5.74) is 7.46. The fourth-order valence-corrected chi connectivity index (χ4v) is 3.05.